The highest BCUT2D eigenvalue weighted by molar-refractivity contribution is 6.05. The lowest BCUT2D eigenvalue weighted by Gasteiger charge is -2.06. The van der Waals surface area contributed by atoms with Crippen LogP contribution in [0.1, 0.15) is 10.4 Å². The van der Waals surface area contributed by atoms with E-state index >= 15 is 0 Å². The summed E-state index contributed by atoms with van der Waals surface area (Å²) < 4.78 is 0. The van der Waals surface area contributed by atoms with Gasteiger partial charge in [0.05, 0.1) is 28.8 Å². The minimum atomic E-state index is -0.238. The maximum absolute atomic E-state index is 11.9. The minimum Gasteiger partial charge on any atom is -0.340 e. The van der Waals surface area contributed by atoms with Gasteiger partial charge in [0.2, 0.25) is 0 Å². The van der Waals surface area contributed by atoms with Crippen LogP contribution in [0.25, 0.3) is 22.1 Å². The molecular formula is C14H12N4O. The predicted molar refractivity (Wildman–Crippen MR) is 73.6 cm³/mol. The number of amides is 1. The zero-order chi connectivity index (χ0) is 13.2. The van der Waals surface area contributed by atoms with Gasteiger partial charge in [0.15, 0.2) is 0 Å². The molecule has 0 spiro atoms. The van der Waals surface area contributed by atoms with E-state index in [0.29, 0.717) is 16.6 Å². The molecule has 3 N–H and O–H groups in total. The first kappa shape index (κ1) is 11.6. The number of nitrogens with one attached hydrogen (secondary N) is 1. The normalized spacial score (nSPS) is 10.8. The monoisotopic (exact) mass is 252 g/mol. The van der Waals surface area contributed by atoms with E-state index in [1.54, 1.807) is 12.1 Å². The number of hydrogen-bond acceptors (Lipinski definition) is 4. The summed E-state index contributed by atoms with van der Waals surface area (Å²) >= 11 is 0. The van der Waals surface area contributed by atoms with Crippen LogP contribution in [-0.2, 0) is 0 Å². The van der Waals surface area contributed by atoms with Gasteiger partial charge in [-0.1, -0.05) is 18.2 Å². The lowest BCUT2D eigenvalue weighted by molar-refractivity contribution is 0.0956. The molecule has 0 saturated carbocycles. The average Bonchev–Trinajstić information content (AvgIpc) is 2.44. The molecule has 3 aromatic rings. The first-order valence-electron chi connectivity index (χ1n) is 5.93. The summed E-state index contributed by atoms with van der Waals surface area (Å²) in [6.45, 7) is 0.0935. The molecule has 1 heterocycles. The highest BCUT2D eigenvalue weighted by Crippen LogP contribution is 2.19. The number of carbonyl (C=O) groups is 1. The van der Waals surface area contributed by atoms with Crippen molar-refractivity contribution in [2.45, 2.75) is 0 Å². The van der Waals surface area contributed by atoms with Crippen LogP contribution in [0.15, 0.2) is 42.5 Å². The summed E-state index contributed by atoms with van der Waals surface area (Å²) in [5.74, 6) is -0.238. The molecule has 0 radical (unpaired) electrons. The second-order valence-corrected chi connectivity index (χ2v) is 4.10. The van der Waals surface area contributed by atoms with Crippen molar-refractivity contribution in [1.82, 2.24) is 15.3 Å². The van der Waals surface area contributed by atoms with Crippen LogP contribution in [0.3, 0.4) is 0 Å². The van der Waals surface area contributed by atoms with E-state index in [1.807, 2.05) is 30.3 Å². The Balaban J connectivity index is 2.29. The molecule has 94 valence electrons. The number of benzene rings is 2. The largest absolute Gasteiger partial charge is 0.340 e. The Kier molecular flexibility index (Phi) is 2.81. The summed E-state index contributed by atoms with van der Waals surface area (Å²) in [5, 5.41) is 2.57. The van der Waals surface area contributed by atoms with Crippen molar-refractivity contribution >= 4 is 28.0 Å². The quantitative estimate of drug-likeness (QED) is 0.534. The van der Waals surface area contributed by atoms with Gasteiger partial charge in [-0.05, 0) is 24.3 Å². The summed E-state index contributed by atoms with van der Waals surface area (Å²) in [6, 6.07) is 12.9. The van der Waals surface area contributed by atoms with Gasteiger partial charge in [-0.3, -0.25) is 4.79 Å². The molecule has 19 heavy (non-hydrogen) atoms. The lowest BCUT2D eigenvalue weighted by Crippen LogP contribution is -2.29. The number of para-hydroxylation sites is 3. The summed E-state index contributed by atoms with van der Waals surface area (Å²) in [5.41, 5.74) is 8.69. The maximum atomic E-state index is 11.9. The van der Waals surface area contributed by atoms with Gasteiger partial charge in [-0.15, -0.1) is 0 Å². The molecule has 0 bridgehead atoms. The molecule has 0 unspecified atom stereocenters. The molecule has 1 amide bonds. The van der Waals surface area contributed by atoms with Crippen molar-refractivity contribution < 1.29 is 4.79 Å². The Morgan fingerprint density at radius 1 is 1.00 bits per heavy atom. The molecule has 1 aromatic heterocycles. The Hall–Kier alpha value is -2.53. The smallest absolute Gasteiger partial charge is 0.254 e. The van der Waals surface area contributed by atoms with Crippen molar-refractivity contribution in [1.29, 1.82) is 0 Å². The van der Waals surface area contributed by atoms with E-state index in [9.17, 15) is 4.79 Å². The minimum absolute atomic E-state index is 0.0935. The fourth-order valence-electron chi connectivity index (χ4n) is 2.01. The van der Waals surface area contributed by atoms with Crippen LogP contribution >= 0.6 is 0 Å². The first-order valence-corrected chi connectivity index (χ1v) is 5.93. The van der Waals surface area contributed by atoms with E-state index in [1.165, 1.54) is 0 Å². The number of hydrogen-bond donors (Lipinski definition) is 2. The van der Waals surface area contributed by atoms with Gasteiger partial charge in [0.25, 0.3) is 5.91 Å². The van der Waals surface area contributed by atoms with Crippen molar-refractivity contribution in [3.05, 3.63) is 48.0 Å². The lowest BCUT2D eigenvalue weighted by atomic mass is 10.1. The fourth-order valence-corrected chi connectivity index (χ4v) is 2.01. The SMILES string of the molecule is NCNC(=O)c1cccc2nc3ccccc3nc12. The molecule has 0 aliphatic heterocycles. The number of aromatic nitrogens is 2. The Labute approximate surface area is 109 Å². The summed E-state index contributed by atoms with van der Waals surface area (Å²) in [4.78, 5) is 21.0. The number of carbonyl (C=O) groups excluding carboxylic acids is 1. The van der Waals surface area contributed by atoms with Crippen molar-refractivity contribution in [2.75, 3.05) is 6.67 Å². The molecule has 0 aliphatic rings. The topological polar surface area (TPSA) is 80.9 Å². The Morgan fingerprint density at radius 3 is 2.42 bits per heavy atom. The number of fused-ring (bicyclic) bond motifs is 2. The van der Waals surface area contributed by atoms with Crippen LogP contribution < -0.4 is 11.1 Å². The molecule has 2 aromatic carbocycles. The number of rotatable bonds is 2. The highest BCUT2D eigenvalue weighted by Gasteiger charge is 2.11. The number of nitrogens with zero attached hydrogens (tertiary/aromatic N) is 2. The Bertz CT molecular complexity index is 770. The van der Waals surface area contributed by atoms with Gasteiger partial charge in [0, 0.05) is 0 Å². The van der Waals surface area contributed by atoms with Crippen LogP contribution in [-0.4, -0.2) is 22.5 Å². The second kappa shape index (κ2) is 4.62. The number of nitrogens with two attached hydrogens (primary N) is 1. The molecule has 5 nitrogen and oxygen atoms in total. The summed E-state index contributed by atoms with van der Waals surface area (Å²) in [7, 11) is 0. The van der Waals surface area contributed by atoms with Gasteiger partial charge in [0.1, 0.15) is 5.52 Å². The fraction of sp³-hybridized carbons (Fsp3) is 0.0714. The maximum Gasteiger partial charge on any atom is 0.254 e. The standard InChI is InChI=1S/C14H12N4O/c15-8-16-14(19)9-4-3-7-12-13(9)18-11-6-2-1-5-10(11)17-12/h1-7H,8,15H2,(H,16,19). The van der Waals surface area contributed by atoms with E-state index in [-0.39, 0.29) is 12.6 Å². The van der Waals surface area contributed by atoms with Crippen molar-refractivity contribution in [3.8, 4) is 0 Å². The molecule has 0 fully saturated rings. The molecule has 0 aliphatic carbocycles. The zero-order valence-electron chi connectivity index (χ0n) is 10.1. The molecule has 5 heteroatoms. The molecule has 0 atom stereocenters. The van der Waals surface area contributed by atoms with E-state index in [0.717, 1.165) is 11.0 Å². The highest BCUT2D eigenvalue weighted by atomic mass is 16.1. The van der Waals surface area contributed by atoms with E-state index in [4.69, 9.17) is 5.73 Å². The average molecular weight is 252 g/mol. The molecular weight excluding hydrogens is 240 g/mol. The van der Waals surface area contributed by atoms with Crippen LogP contribution in [0, 0.1) is 0 Å². The van der Waals surface area contributed by atoms with Crippen LogP contribution in [0.2, 0.25) is 0 Å². The van der Waals surface area contributed by atoms with Gasteiger partial charge in [-0.2, -0.15) is 0 Å². The predicted octanol–water partition coefficient (Wildman–Crippen LogP) is 1.43. The third-order valence-corrected chi connectivity index (χ3v) is 2.88. The van der Waals surface area contributed by atoms with Crippen LogP contribution in [0.5, 0.6) is 0 Å². The third kappa shape index (κ3) is 2.00. The summed E-state index contributed by atoms with van der Waals surface area (Å²) in [6.07, 6.45) is 0. The zero-order valence-corrected chi connectivity index (χ0v) is 10.1. The Morgan fingerprint density at radius 2 is 1.68 bits per heavy atom. The van der Waals surface area contributed by atoms with E-state index < -0.39 is 0 Å². The van der Waals surface area contributed by atoms with Crippen LogP contribution in [0.4, 0.5) is 0 Å². The van der Waals surface area contributed by atoms with E-state index in [2.05, 4.69) is 15.3 Å². The second-order valence-electron chi connectivity index (χ2n) is 4.10. The van der Waals surface area contributed by atoms with Gasteiger partial charge >= 0.3 is 0 Å². The van der Waals surface area contributed by atoms with Gasteiger partial charge < -0.3 is 11.1 Å². The third-order valence-electron chi connectivity index (χ3n) is 2.88. The first-order chi connectivity index (χ1) is 9.29. The molecule has 0 saturated heterocycles. The van der Waals surface area contributed by atoms with Crippen molar-refractivity contribution in [2.24, 2.45) is 5.73 Å². The molecule has 3 rings (SSSR count). The van der Waals surface area contributed by atoms with Gasteiger partial charge in [-0.25, -0.2) is 9.97 Å². The van der Waals surface area contributed by atoms with Crippen molar-refractivity contribution in [3.63, 3.8) is 0 Å².